The first-order chi connectivity index (χ1) is 11.0. The second kappa shape index (κ2) is 7.56. The van der Waals surface area contributed by atoms with E-state index in [1.165, 1.54) is 23.5 Å². The van der Waals surface area contributed by atoms with E-state index in [4.69, 9.17) is 22.2 Å². The van der Waals surface area contributed by atoms with E-state index in [9.17, 15) is 14.9 Å². The summed E-state index contributed by atoms with van der Waals surface area (Å²) in [6, 6.07) is 7.49. The van der Waals surface area contributed by atoms with Crippen LogP contribution < -0.4 is 11.1 Å². The summed E-state index contributed by atoms with van der Waals surface area (Å²) in [7, 11) is 0. The molecule has 0 spiro atoms. The summed E-state index contributed by atoms with van der Waals surface area (Å²) in [6.07, 6.45) is 0. The van der Waals surface area contributed by atoms with E-state index in [1.807, 2.05) is 11.4 Å². The molecule has 120 valence electrons. The monoisotopic (exact) mass is 354 g/mol. The van der Waals surface area contributed by atoms with Crippen molar-refractivity contribution in [2.45, 2.75) is 0 Å². The third kappa shape index (κ3) is 4.66. The fourth-order valence-electron chi connectivity index (χ4n) is 1.56. The van der Waals surface area contributed by atoms with Gasteiger partial charge in [0, 0.05) is 11.8 Å². The van der Waals surface area contributed by atoms with Crippen molar-refractivity contribution in [1.82, 2.24) is 0 Å². The zero-order valence-electron chi connectivity index (χ0n) is 11.6. The van der Waals surface area contributed by atoms with Crippen LogP contribution in [-0.4, -0.2) is 23.3 Å². The Morgan fingerprint density at radius 3 is 2.91 bits per heavy atom. The number of nitrogens with zero attached hydrogens (tertiary/aromatic N) is 2. The number of amidine groups is 1. The first kappa shape index (κ1) is 16.7. The van der Waals surface area contributed by atoms with Crippen molar-refractivity contribution in [3.8, 4) is 0 Å². The van der Waals surface area contributed by atoms with Crippen molar-refractivity contribution in [1.29, 1.82) is 0 Å². The fraction of sp³-hybridized carbons (Fsp3) is 0.0769. The SMILES string of the molecule is N/C(=N/OCC(=O)Nc1ccc(Cl)c([N+](=O)[O-])c1)c1cccs1. The van der Waals surface area contributed by atoms with Gasteiger partial charge < -0.3 is 15.9 Å². The van der Waals surface area contributed by atoms with Crippen LogP contribution >= 0.6 is 22.9 Å². The van der Waals surface area contributed by atoms with Crippen molar-refractivity contribution < 1.29 is 14.6 Å². The molecule has 1 aromatic carbocycles. The Hall–Kier alpha value is -2.65. The van der Waals surface area contributed by atoms with Gasteiger partial charge in [-0.1, -0.05) is 22.8 Å². The average molecular weight is 355 g/mol. The quantitative estimate of drug-likeness (QED) is 0.357. The maximum absolute atomic E-state index is 11.7. The highest BCUT2D eigenvalue weighted by Gasteiger charge is 2.14. The van der Waals surface area contributed by atoms with Crippen molar-refractivity contribution in [2.75, 3.05) is 11.9 Å². The van der Waals surface area contributed by atoms with Gasteiger partial charge in [0.1, 0.15) is 5.02 Å². The Balaban J connectivity index is 1.91. The zero-order chi connectivity index (χ0) is 16.8. The fourth-order valence-corrected chi connectivity index (χ4v) is 2.36. The van der Waals surface area contributed by atoms with E-state index < -0.39 is 10.8 Å². The van der Waals surface area contributed by atoms with Crippen LogP contribution in [0.4, 0.5) is 11.4 Å². The lowest BCUT2D eigenvalue weighted by atomic mass is 10.3. The zero-order valence-corrected chi connectivity index (χ0v) is 13.1. The van der Waals surface area contributed by atoms with Gasteiger partial charge in [-0.05, 0) is 23.6 Å². The molecule has 1 amide bonds. The van der Waals surface area contributed by atoms with Crippen molar-refractivity contribution in [3.63, 3.8) is 0 Å². The lowest BCUT2D eigenvalue weighted by Gasteiger charge is -2.05. The summed E-state index contributed by atoms with van der Waals surface area (Å²) >= 11 is 7.07. The Morgan fingerprint density at radius 2 is 2.26 bits per heavy atom. The second-order valence-corrected chi connectivity index (χ2v) is 5.55. The number of nitro benzene ring substituents is 1. The van der Waals surface area contributed by atoms with Crippen molar-refractivity contribution in [3.05, 3.63) is 55.7 Å². The molecule has 0 aliphatic heterocycles. The molecule has 0 saturated carbocycles. The van der Waals surface area contributed by atoms with Crippen LogP contribution in [-0.2, 0) is 9.63 Å². The minimum absolute atomic E-state index is 0.0161. The molecule has 3 N–H and O–H groups in total. The normalized spacial score (nSPS) is 11.1. The van der Waals surface area contributed by atoms with E-state index in [-0.39, 0.29) is 28.8 Å². The summed E-state index contributed by atoms with van der Waals surface area (Å²) < 4.78 is 0. The highest BCUT2D eigenvalue weighted by Crippen LogP contribution is 2.27. The topological polar surface area (TPSA) is 120 Å². The molecule has 0 saturated heterocycles. The number of amides is 1. The van der Waals surface area contributed by atoms with E-state index in [0.717, 1.165) is 10.9 Å². The predicted molar refractivity (Wildman–Crippen MR) is 87.7 cm³/mol. The number of nitrogens with two attached hydrogens (primary N) is 1. The van der Waals surface area contributed by atoms with Gasteiger partial charge in [0.15, 0.2) is 12.4 Å². The van der Waals surface area contributed by atoms with Gasteiger partial charge in [0.2, 0.25) is 0 Å². The maximum atomic E-state index is 11.7. The van der Waals surface area contributed by atoms with Crippen LogP contribution in [0.5, 0.6) is 0 Å². The number of benzene rings is 1. The lowest BCUT2D eigenvalue weighted by molar-refractivity contribution is -0.384. The van der Waals surface area contributed by atoms with Gasteiger partial charge in [-0.25, -0.2) is 0 Å². The van der Waals surface area contributed by atoms with E-state index in [2.05, 4.69) is 10.5 Å². The van der Waals surface area contributed by atoms with E-state index in [1.54, 1.807) is 6.07 Å². The minimum Gasteiger partial charge on any atom is -0.384 e. The number of halogens is 1. The molecule has 0 atom stereocenters. The molecule has 1 aromatic heterocycles. The van der Waals surface area contributed by atoms with Crippen molar-refractivity contribution >= 4 is 46.1 Å². The molecule has 8 nitrogen and oxygen atoms in total. The van der Waals surface area contributed by atoms with Gasteiger partial charge >= 0.3 is 0 Å². The molecule has 0 bridgehead atoms. The number of rotatable bonds is 6. The molecule has 2 rings (SSSR count). The van der Waals surface area contributed by atoms with Gasteiger partial charge in [-0.3, -0.25) is 14.9 Å². The van der Waals surface area contributed by atoms with Gasteiger partial charge in [0.25, 0.3) is 11.6 Å². The number of nitrogens with one attached hydrogen (secondary N) is 1. The lowest BCUT2D eigenvalue weighted by Crippen LogP contribution is -2.19. The Morgan fingerprint density at radius 1 is 1.48 bits per heavy atom. The minimum atomic E-state index is -0.638. The molecule has 0 radical (unpaired) electrons. The number of carbonyl (C=O) groups is 1. The third-order valence-corrected chi connectivity index (χ3v) is 3.77. The summed E-state index contributed by atoms with van der Waals surface area (Å²) in [6.45, 7) is -0.386. The second-order valence-electron chi connectivity index (χ2n) is 4.20. The molecule has 0 aliphatic rings. The van der Waals surface area contributed by atoms with Gasteiger partial charge in [-0.2, -0.15) is 0 Å². The molecular formula is C13H11ClN4O4S. The summed E-state index contributed by atoms with van der Waals surface area (Å²) in [5.41, 5.74) is 5.59. The molecule has 2 aromatic rings. The third-order valence-electron chi connectivity index (χ3n) is 2.56. The van der Waals surface area contributed by atoms with Crippen LogP contribution in [0.2, 0.25) is 5.02 Å². The van der Waals surface area contributed by atoms with Crippen LogP contribution in [0.15, 0.2) is 40.9 Å². The Labute approximate surface area is 139 Å². The maximum Gasteiger partial charge on any atom is 0.289 e. The number of oxime groups is 1. The predicted octanol–water partition coefficient (Wildman–Crippen LogP) is 2.59. The first-order valence-electron chi connectivity index (χ1n) is 6.20. The van der Waals surface area contributed by atoms with Crippen LogP contribution in [0, 0.1) is 10.1 Å². The number of anilines is 1. The number of hydrogen-bond donors (Lipinski definition) is 2. The number of nitro groups is 1. The smallest absolute Gasteiger partial charge is 0.289 e. The van der Waals surface area contributed by atoms with Gasteiger partial charge in [0.05, 0.1) is 9.80 Å². The van der Waals surface area contributed by atoms with Gasteiger partial charge in [-0.15, -0.1) is 11.3 Å². The highest BCUT2D eigenvalue weighted by atomic mass is 35.5. The van der Waals surface area contributed by atoms with E-state index in [0.29, 0.717) is 0 Å². The molecule has 10 heteroatoms. The molecule has 1 heterocycles. The van der Waals surface area contributed by atoms with Crippen molar-refractivity contribution in [2.24, 2.45) is 10.9 Å². The molecule has 23 heavy (non-hydrogen) atoms. The summed E-state index contributed by atoms with van der Waals surface area (Å²) in [5, 5.41) is 18.6. The molecule has 0 unspecified atom stereocenters. The Bertz CT molecular complexity index is 748. The number of carbonyl (C=O) groups excluding carboxylic acids is 1. The standard InChI is InChI=1S/C13H11ClN4O4S/c14-9-4-3-8(6-10(9)18(20)21)16-12(19)7-22-17-13(15)11-2-1-5-23-11/h1-6H,7H2,(H2,15,17)(H,16,19). The Kier molecular flexibility index (Phi) is 5.50. The van der Waals surface area contributed by atoms with Crippen LogP contribution in [0.25, 0.3) is 0 Å². The average Bonchev–Trinajstić information content (AvgIpc) is 3.03. The van der Waals surface area contributed by atoms with Crippen LogP contribution in [0.1, 0.15) is 4.88 Å². The summed E-state index contributed by atoms with van der Waals surface area (Å²) in [5.74, 6) is -0.376. The molecule has 0 aliphatic carbocycles. The summed E-state index contributed by atoms with van der Waals surface area (Å²) in [4.78, 5) is 27.4. The molecular weight excluding hydrogens is 344 g/mol. The van der Waals surface area contributed by atoms with E-state index >= 15 is 0 Å². The number of hydrogen-bond acceptors (Lipinski definition) is 6. The highest BCUT2D eigenvalue weighted by molar-refractivity contribution is 7.12. The first-order valence-corrected chi connectivity index (χ1v) is 7.46. The van der Waals surface area contributed by atoms with Crippen LogP contribution in [0.3, 0.4) is 0 Å². The number of thiophene rings is 1. The largest absolute Gasteiger partial charge is 0.384 e. The molecule has 0 fully saturated rings.